The standard InChI is InChI=1S/C21H23NO7S/c1-13(2)11-18(21(26)27)22-30(28,29)16-9-7-14(8-10-16)19(23)12-15-5-3-4-6-17(15)20(24)25/h3-10,13,18,22H,11-12H2,1-2H3,(H,24,25)(H,26,27). The van der Waals surface area contributed by atoms with E-state index in [4.69, 9.17) is 0 Å². The van der Waals surface area contributed by atoms with Crippen molar-refractivity contribution in [3.63, 3.8) is 0 Å². The monoisotopic (exact) mass is 433 g/mol. The van der Waals surface area contributed by atoms with E-state index in [0.717, 1.165) is 0 Å². The Bertz CT molecular complexity index is 1040. The molecule has 0 fully saturated rings. The molecule has 1 atom stereocenters. The van der Waals surface area contributed by atoms with Crippen molar-refractivity contribution in [2.75, 3.05) is 0 Å². The van der Waals surface area contributed by atoms with Crippen molar-refractivity contribution in [2.24, 2.45) is 5.92 Å². The van der Waals surface area contributed by atoms with Crippen LogP contribution in [0, 0.1) is 5.92 Å². The average molecular weight is 433 g/mol. The summed E-state index contributed by atoms with van der Waals surface area (Å²) in [5.41, 5.74) is 0.594. The van der Waals surface area contributed by atoms with Crippen molar-refractivity contribution >= 4 is 27.7 Å². The van der Waals surface area contributed by atoms with Crippen LogP contribution in [0.15, 0.2) is 53.4 Å². The molecule has 2 rings (SSSR count). The van der Waals surface area contributed by atoms with Crippen LogP contribution in [0.5, 0.6) is 0 Å². The molecule has 2 aromatic rings. The lowest BCUT2D eigenvalue weighted by molar-refractivity contribution is -0.139. The number of aliphatic carboxylic acids is 1. The number of hydrogen-bond donors (Lipinski definition) is 3. The third-order valence-electron chi connectivity index (χ3n) is 4.39. The van der Waals surface area contributed by atoms with Gasteiger partial charge in [0.05, 0.1) is 10.5 Å². The number of carbonyl (C=O) groups is 3. The summed E-state index contributed by atoms with van der Waals surface area (Å²) in [6.07, 6.45) is -0.0174. The van der Waals surface area contributed by atoms with Crippen molar-refractivity contribution in [3.8, 4) is 0 Å². The van der Waals surface area contributed by atoms with Crippen LogP contribution in [0.1, 0.15) is 46.5 Å². The highest BCUT2D eigenvalue weighted by molar-refractivity contribution is 7.89. The second-order valence-electron chi connectivity index (χ2n) is 7.23. The van der Waals surface area contributed by atoms with Gasteiger partial charge in [-0.2, -0.15) is 4.72 Å². The number of sulfonamides is 1. The molecule has 0 aliphatic heterocycles. The van der Waals surface area contributed by atoms with Gasteiger partial charge in [0.2, 0.25) is 10.0 Å². The minimum Gasteiger partial charge on any atom is -0.480 e. The van der Waals surface area contributed by atoms with Crippen LogP contribution in [-0.2, 0) is 21.2 Å². The quantitative estimate of drug-likeness (QED) is 0.490. The van der Waals surface area contributed by atoms with Crippen LogP contribution in [-0.4, -0.2) is 42.4 Å². The number of carboxylic acid groups (broad SMARTS) is 2. The molecule has 0 amide bonds. The Kier molecular flexibility index (Phi) is 7.47. The van der Waals surface area contributed by atoms with Crippen molar-refractivity contribution in [1.29, 1.82) is 0 Å². The number of aromatic carboxylic acids is 1. The molecular weight excluding hydrogens is 410 g/mol. The minimum atomic E-state index is -4.09. The average Bonchev–Trinajstić information content (AvgIpc) is 2.67. The Morgan fingerprint density at radius 1 is 0.967 bits per heavy atom. The summed E-state index contributed by atoms with van der Waals surface area (Å²) in [6.45, 7) is 3.57. The zero-order valence-electron chi connectivity index (χ0n) is 16.5. The van der Waals surface area contributed by atoms with Gasteiger partial charge in [-0.05, 0) is 36.1 Å². The summed E-state index contributed by atoms with van der Waals surface area (Å²) in [7, 11) is -4.09. The van der Waals surface area contributed by atoms with Crippen molar-refractivity contribution in [1.82, 2.24) is 4.72 Å². The Morgan fingerprint density at radius 2 is 1.57 bits per heavy atom. The summed E-state index contributed by atoms with van der Waals surface area (Å²) in [5, 5.41) is 18.5. The smallest absolute Gasteiger partial charge is 0.335 e. The summed E-state index contributed by atoms with van der Waals surface area (Å²) in [6, 6.07) is 9.95. The molecule has 160 valence electrons. The zero-order valence-corrected chi connectivity index (χ0v) is 17.3. The molecular formula is C21H23NO7S. The first-order valence-electron chi connectivity index (χ1n) is 9.21. The molecule has 0 spiro atoms. The zero-order chi connectivity index (χ0) is 22.5. The number of rotatable bonds is 10. The molecule has 3 N–H and O–H groups in total. The van der Waals surface area contributed by atoms with E-state index in [9.17, 15) is 33.0 Å². The lowest BCUT2D eigenvalue weighted by Crippen LogP contribution is -2.41. The second kappa shape index (κ2) is 9.64. The van der Waals surface area contributed by atoms with Crippen LogP contribution in [0.25, 0.3) is 0 Å². The molecule has 0 bridgehead atoms. The summed E-state index contributed by atoms with van der Waals surface area (Å²) >= 11 is 0. The third-order valence-corrected chi connectivity index (χ3v) is 5.88. The van der Waals surface area contributed by atoms with Gasteiger partial charge in [0, 0.05) is 12.0 Å². The van der Waals surface area contributed by atoms with Gasteiger partial charge in [-0.25, -0.2) is 13.2 Å². The van der Waals surface area contributed by atoms with Gasteiger partial charge in [0.25, 0.3) is 0 Å². The maximum absolute atomic E-state index is 12.5. The number of carboxylic acids is 2. The molecule has 1 unspecified atom stereocenters. The minimum absolute atomic E-state index is 0.0255. The number of benzene rings is 2. The Hall–Kier alpha value is -3.04. The van der Waals surface area contributed by atoms with E-state index < -0.39 is 28.0 Å². The van der Waals surface area contributed by atoms with E-state index in [1.807, 2.05) is 0 Å². The van der Waals surface area contributed by atoms with Crippen molar-refractivity contribution < 1.29 is 33.0 Å². The first-order chi connectivity index (χ1) is 14.0. The first-order valence-corrected chi connectivity index (χ1v) is 10.7. The number of ketones is 1. The molecule has 0 aliphatic carbocycles. The van der Waals surface area contributed by atoms with Crippen LogP contribution in [0.3, 0.4) is 0 Å². The maximum atomic E-state index is 12.5. The predicted octanol–water partition coefficient (Wildman–Crippen LogP) is 2.59. The van der Waals surface area contributed by atoms with E-state index in [0.29, 0.717) is 5.56 Å². The molecule has 2 aromatic carbocycles. The fourth-order valence-electron chi connectivity index (χ4n) is 2.90. The molecule has 0 saturated carbocycles. The van der Waals surface area contributed by atoms with Gasteiger partial charge in [-0.3, -0.25) is 9.59 Å². The fraction of sp³-hybridized carbons (Fsp3) is 0.286. The molecule has 8 nitrogen and oxygen atoms in total. The van der Waals surface area contributed by atoms with E-state index in [-0.39, 0.29) is 40.6 Å². The molecule has 30 heavy (non-hydrogen) atoms. The van der Waals surface area contributed by atoms with Crippen LogP contribution in [0.2, 0.25) is 0 Å². The van der Waals surface area contributed by atoms with Gasteiger partial charge in [-0.15, -0.1) is 0 Å². The maximum Gasteiger partial charge on any atom is 0.335 e. The topological polar surface area (TPSA) is 138 Å². The van der Waals surface area contributed by atoms with E-state index >= 15 is 0 Å². The summed E-state index contributed by atoms with van der Waals surface area (Å²) < 4.78 is 27.2. The van der Waals surface area contributed by atoms with Gasteiger partial charge in [0.1, 0.15) is 6.04 Å². The number of nitrogens with one attached hydrogen (secondary N) is 1. The highest BCUT2D eigenvalue weighted by atomic mass is 32.2. The molecule has 0 aromatic heterocycles. The first kappa shape index (κ1) is 23.2. The lowest BCUT2D eigenvalue weighted by Gasteiger charge is -2.16. The summed E-state index contributed by atoms with van der Waals surface area (Å²) in [4.78, 5) is 34.9. The van der Waals surface area contributed by atoms with Crippen LogP contribution >= 0.6 is 0 Å². The third kappa shape index (κ3) is 5.98. The van der Waals surface area contributed by atoms with Crippen LogP contribution < -0.4 is 4.72 Å². The Labute approximate surface area is 174 Å². The molecule has 9 heteroatoms. The van der Waals surface area contributed by atoms with Crippen molar-refractivity contribution in [3.05, 3.63) is 65.2 Å². The van der Waals surface area contributed by atoms with Gasteiger partial charge < -0.3 is 10.2 Å². The summed E-state index contributed by atoms with van der Waals surface area (Å²) in [5.74, 6) is -2.80. The molecule has 0 radical (unpaired) electrons. The second-order valence-corrected chi connectivity index (χ2v) is 8.94. The van der Waals surface area contributed by atoms with Crippen LogP contribution in [0.4, 0.5) is 0 Å². The predicted molar refractivity (Wildman–Crippen MR) is 109 cm³/mol. The largest absolute Gasteiger partial charge is 0.480 e. The van der Waals surface area contributed by atoms with E-state index in [1.54, 1.807) is 32.0 Å². The SMILES string of the molecule is CC(C)CC(NS(=O)(=O)c1ccc(C(=O)Cc2ccccc2C(=O)O)cc1)C(=O)O. The van der Waals surface area contributed by atoms with Gasteiger partial charge >= 0.3 is 11.9 Å². The van der Waals surface area contributed by atoms with E-state index in [2.05, 4.69) is 4.72 Å². The lowest BCUT2D eigenvalue weighted by atomic mass is 9.99. The van der Waals surface area contributed by atoms with Crippen molar-refractivity contribution in [2.45, 2.75) is 37.6 Å². The number of Topliss-reactive ketones (excluding diaryl/α,β-unsaturated/α-hetero) is 1. The van der Waals surface area contributed by atoms with Gasteiger partial charge in [-0.1, -0.05) is 44.2 Å². The van der Waals surface area contributed by atoms with E-state index in [1.165, 1.54) is 30.3 Å². The number of hydrogen-bond acceptors (Lipinski definition) is 5. The number of carbonyl (C=O) groups excluding carboxylic acids is 1. The highest BCUT2D eigenvalue weighted by Crippen LogP contribution is 2.17. The molecule has 0 saturated heterocycles. The molecule has 0 heterocycles. The Balaban J connectivity index is 2.18. The highest BCUT2D eigenvalue weighted by Gasteiger charge is 2.26. The normalized spacial score (nSPS) is 12.5. The Morgan fingerprint density at radius 3 is 2.10 bits per heavy atom. The van der Waals surface area contributed by atoms with Gasteiger partial charge in [0.15, 0.2) is 5.78 Å². The fourth-order valence-corrected chi connectivity index (χ4v) is 4.11. The molecule has 0 aliphatic rings.